The third-order valence-electron chi connectivity index (χ3n) is 1.79. The molecule has 0 saturated carbocycles. The highest BCUT2D eigenvalue weighted by Gasteiger charge is 2.16. The van der Waals surface area contributed by atoms with Crippen LogP contribution in [0, 0.1) is 0 Å². The first kappa shape index (κ1) is 11.2. The molecule has 1 saturated heterocycles. The van der Waals surface area contributed by atoms with E-state index in [4.69, 9.17) is 4.74 Å². The predicted molar refractivity (Wildman–Crippen MR) is 55.8 cm³/mol. The van der Waals surface area contributed by atoms with Crippen molar-refractivity contribution in [2.45, 2.75) is 39.2 Å². The molecule has 1 amide bonds. The molecule has 0 aromatic carbocycles. The van der Waals surface area contributed by atoms with Crippen molar-refractivity contribution in [1.29, 1.82) is 0 Å². The summed E-state index contributed by atoms with van der Waals surface area (Å²) in [4.78, 5) is 15.2. The second kappa shape index (κ2) is 4.55. The number of aliphatic imine (C=N–C) groups is 1. The van der Waals surface area contributed by atoms with Crippen molar-refractivity contribution in [3.8, 4) is 0 Å². The molecule has 1 heterocycles. The van der Waals surface area contributed by atoms with Gasteiger partial charge in [-0.05, 0) is 40.2 Å². The van der Waals surface area contributed by atoms with Gasteiger partial charge in [0.05, 0.1) is 0 Å². The molecular weight excluding hydrogens is 180 g/mol. The number of nitrogens with one attached hydrogen (secondary N) is 1. The van der Waals surface area contributed by atoms with E-state index in [0.717, 1.165) is 25.1 Å². The maximum Gasteiger partial charge on any atom is 0.434 e. The van der Waals surface area contributed by atoms with E-state index < -0.39 is 11.7 Å². The van der Waals surface area contributed by atoms with E-state index >= 15 is 0 Å². The topological polar surface area (TPSA) is 50.7 Å². The van der Waals surface area contributed by atoms with Gasteiger partial charge in [0.2, 0.25) is 0 Å². The maximum absolute atomic E-state index is 11.3. The second-order valence-electron chi connectivity index (χ2n) is 4.44. The Balaban J connectivity index is 2.45. The average Bonchev–Trinajstić information content (AvgIpc) is 2.02. The number of rotatable bonds is 0. The lowest BCUT2D eigenvalue weighted by atomic mass is 10.1. The molecule has 80 valence electrons. The van der Waals surface area contributed by atoms with Crippen molar-refractivity contribution in [3.05, 3.63) is 0 Å². The van der Waals surface area contributed by atoms with Gasteiger partial charge in [-0.1, -0.05) is 0 Å². The van der Waals surface area contributed by atoms with Crippen LogP contribution in [-0.2, 0) is 4.74 Å². The minimum Gasteiger partial charge on any atom is -0.442 e. The smallest absolute Gasteiger partial charge is 0.434 e. The van der Waals surface area contributed by atoms with Crippen molar-refractivity contribution < 1.29 is 9.53 Å². The summed E-state index contributed by atoms with van der Waals surface area (Å²) < 4.78 is 5.09. The zero-order chi connectivity index (χ0) is 10.6. The fourth-order valence-electron chi connectivity index (χ4n) is 1.25. The molecule has 1 aliphatic rings. The van der Waals surface area contributed by atoms with Crippen LogP contribution in [0.25, 0.3) is 0 Å². The van der Waals surface area contributed by atoms with Crippen LogP contribution < -0.4 is 5.32 Å². The highest BCUT2D eigenvalue weighted by Crippen LogP contribution is 2.09. The Morgan fingerprint density at radius 1 is 1.50 bits per heavy atom. The number of hydrogen-bond donors (Lipinski definition) is 1. The van der Waals surface area contributed by atoms with Gasteiger partial charge in [0.25, 0.3) is 0 Å². The molecule has 1 rings (SSSR count). The molecule has 0 aromatic rings. The fraction of sp³-hybridized carbons (Fsp3) is 0.800. The standard InChI is InChI=1S/C10H18N2O2/c1-10(2,3)14-9(13)12-8-5-4-6-11-7-8/h11H,4-7H2,1-3H3/b12-8+. The Morgan fingerprint density at radius 3 is 2.71 bits per heavy atom. The Bertz CT molecular complexity index is 233. The van der Waals surface area contributed by atoms with Crippen molar-refractivity contribution in [2.24, 2.45) is 4.99 Å². The molecule has 0 unspecified atom stereocenters. The normalized spacial score (nSPS) is 20.9. The largest absolute Gasteiger partial charge is 0.442 e. The molecule has 14 heavy (non-hydrogen) atoms. The number of hydrogen-bond acceptors (Lipinski definition) is 3. The summed E-state index contributed by atoms with van der Waals surface area (Å²) in [6, 6.07) is 0. The summed E-state index contributed by atoms with van der Waals surface area (Å²) in [7, 11) is 0. The van der Waals surface area contributed by atoms with Crippen molar-refractivity contribution >= 4 is 11.8 Å². The Hall–Kier alpha value is -0.900. The molecule has 0 spiro atoms. The van der Waals surface area contributed by atoms with E-state index in [0.29, 0.717) is 6.54 Å². The van der Waals surface area contributed by atoms with Gasteiger partial charge in [-0.2, -0.15) is 4.99 Å². The highest BCUT2D eigenvalue weighted by atomic mass is 16.6. The van der Waals surface area contributed by atoms with Gasteiger partial charge in [-0.15, -0.1) is 0 Å². The molecule has 0 radical (unpaired) electrons. The Labute approximate surface area is 84.7 Å². The minimum atomic E-state index is -0.476. The molecule has 4 heteroatoms. The molecule has 1 aliphatic heterocycles. The average molecular weight is 198 g/mol. The summed E-state index contributed by atoms with van der Waals surface area (Å²) in [5.41, 5.74) is 0.439. The van der Waals surface area contributed by atoms with Crippen LogP contribution in [0.2, 0.25) is 0 Å². The zero-order valence-electron chi connectivity index (χ0n) is 9.09. The minimum absolute atomic E-state index is 0.455. The first-order valence-corrected chi connectivity index (χ1v) is 4.97. The van der Waals surface area contributed by atoms with Crippen LogP contribution in [0.5, 0.6) is 0 Å². The van der Waals surface area contributed by atoms with Crippen LogP contribution in [0.4, 0.5) is 4.79 Å². The van der Waals surface area contributed by atoms with E-state index in [2.05, 4.69) is 10.3 Å². The van der Waals surface area contributed by atoms with Crippen molar-refractivity contribution in [1.82, 2.24) is 5.32 Å². The number of ether oxygens (including phenoxy) is 1. The van der Waals surface area contributed by atoms with Gasteiger partial charge in [0.1, 0.15) is 5.60 Å². The van der Waals surface area contributed by atoms with Gasteiger partial charge in [0, 0.05) is 12.3 Å². The number of carbonyl (C=O) groups is 1. The second-order valence-corrected chi connectivity index (χ2v) is 4.44. The zero-order valence-corrected chi connectivity index (χ0v) is 9.09. The number of amides is 1. The molecule has 0 atom stereocenters. The molecule has 0 aliphatic carbocycles. The Kier molecular flexibility index (Phi) is 3.63. The number of nitrogens with zero attached hydrogens (tertiary/aromatic N) is 1. The van der Waals surface area contributed by atoms with Crippen LogP contribution in [0.15, 0.2) is 4.99 Å². The van der Waals surface area contributed by atoms with E-state index in [-0.39, 0.29) is 0 Å². The van der Waals surface area contributed by atoms with Crippen LogP contribution in [0.1, 0.15) is 33.6 Å². The van der Waals surface area contributed by atoms with Crippen molar-refractivity contribution in [2.75, 3.05) is 13.1 Å². The Morgan fingerprint density at radius 2 is 2.21 bits per heavy atom. The van der Waals surface area contributed by atoms with Gasteiger partial charge in [-0.25, -0.2) is 4.79 Å². The SMILES string of the molecule is CC(C)(C)OC(=O)/N=C1\CCCNC1. The lowest BCUT2D eigenvalue weighted by Crippen LogP contribution is -2.31. The van der Waals surface area contributed by atoms with Crippen molar-refractivity contribution in [3.63, 3.8) is 0 Å². The number of carbonyl (C=O) groups excluding carboxylic acids is 1. The van der Waals surface area contributed by atoms with Crippen LogP contribution in [-0.4, -0.2) is 30.5 Å². The van der Waals surface area contributed by atoms with Crippen LogP contribution >= 0.6 is 0 Å². The van der Waals surface area contributed by atoms with E-state index in [9.17, 15) is 4.79 Å². The summed E-state index contributed by atoms with van der Waals surface area (Å²) in [6.07, 6.45) is 1.46. The molecule has 4 nitrogen and oxygen atoms in total. The summed E-state index contributed by atoms with van der Waals surface area (Å²) in [5.74, 6) is 0. The molecule has 1 N–H and O–H groups in total. The summed E-state index contributed by atoms with van der Waals surface area (Å²) in [5, 5.41) is 3.16. The fourth-order valence-corrected chi connectivity index (χ4v) is 1.25. The number of piperidine rings is 1. The summed E-state index contributed by atoms with van der Waals surface area (Å²) >= 11 is 0. The highest BCUT2D eigenvalue weighted by molar-refractivity contribution is 5.95. The molecule has 0 bridgehead atoms. The molecular formula is C10H18N2O2. The van der Waals surface area contributed by atoms with Gasteiger partial charge in [0.15, 0.2) is 0 Å². The van der Waals surface area contributed by atoms with Gasteiger partial charge < -0.3 is 10.1 Å². The quantitative estimate of drug-likeness (QED) is 0.645. The molecule has 1 fully saturated rings. The lowest BCUT2D eigenvalue weighted by Gasteiger charge is -2.19. The van der Waals surface area contributed by atoms with E-state index in [1.54, 1.807) is 0 Å². The van der Waals surface area contributed by atoms with E-state index in [1.165, 1.54) is 0 Å². The third kappa shape index (κ3) is 4.37. The first-order chi connectivity index (χ1) is 6.47. The summed E-state index contributed by atoms with van der Waals surface area (Å²) in [6.45, 7) is 7.23. The first-order valence-electron chi connectivity index (χ1n) is 4.97. The lowest BCUT2D eigenvalue weighted by molar-refractivity contribution is 0.0603. The van der Waals surface area contributed by atoms with E-state index in [1.807, 2.05) is 20.8 Å². The predicted octanol–water partition coefficient (Wildman–Crippen LogP) is 1.75. The maximum atomic E-state index is 11.3. The van der Waals surface area contributed by atoms with Gasteiger partial charge >= 0.3 is 6.09 Å². The van der Waals surface area contributed by atoms with Gasteiger partial charge in [-0.3, -0.25) is 0 Å². The third-order valence-corrected chi connectivity index (χ3v) is 1.79. The van der Waals surface area contributed by atoms with Crippen LogP contribution in [0.3, 0.4) is 0 Å². The monoisotopic (exact) mass is 198 g/mol. The molecule has 0 aromatic heterocycles.